The average Bonchev–Trinajstić information content (AvgIpc) is 2.65. The van der Waals surface area contributed by atoms with Crippen LogP contribution < -0.4 is 10.1 Å². The number of halogens is 3. The largest absolute Gasteiger partial charge is 0.497 e. The summed E-state index contributed by atoms with van der Waals surface area (Å²) in [5.74, 6) is -1.58. The average molecular weight is 395 g/mol. The van der Waals surface area contributed by atoms with Gasteiger partial charge in [0.1, 0.15) is 5.75 Å². The van der Waals surface area contributed by atoms with Crippen molar-refractivity contribution in [1.82, 2.24) is 5.32 Å². The molecule has 28 heavy (non-hydrogen) atoms. The van der Waals surface area contributed by atoms with E-state index in [2.05, 4.69) is 5.32 Å². The van der Waals surface area contributed by atoms with Crippen molar-refractivity contribution in [1.29, 1.82) is 0 Å². The maximum atomic E-state index is 12.5. The number of hydrogen-bond acceptors (Lipinski definition) is 3. The lowest BCUT2D eigenvalue weighted by atomic mass is 9.95. The van der Waals surface area contributed by atoms with Crippen LogP contribution in [0.3, 0.4) is 0 Å². The molecule has 1 atom stereocenters. The number of aliphatic carboxylic acids is 1. The molecule has 8 heteroatoms. The summed E-state index contributed by atoms with van der Waals surface area (Å²) in [6, 6.07) is 11.1. The van der Waals surface area contributed by atoms with Crippen molar-refractivity contribution in [2.45, 2.75) is 31.5 Å². The monoisotopic (exact) mass is 395 g/mol. The number of benzene rings is 2. The lowest BCUT2D eigenvalue weighted by Crippen LogP contribution is -2.34. The van der Waals surface area contributed by atoms with E-state index in [1.165, 1.54) is 31.4 Å². The van der Waals surface area contributed by atoms with Crippen molar-refractivity contribution < 1.29 is 32.6 Å². The molecular weight excluding hydrogens is 375 g/mol. The molecule has 0 saturated heterocycles. The molecule has 2 aromatic carbocycles. The van der Waals surface area contributed by atoms with Crippen LogP contribution in [0.15, 0.2) is 48.5 Å². The van der Waals surface area contributed by atoms with Gasteiger partial charge in [0.15, 0.2) is 6.04 Å². The Bertz CT molecular complexity index is 822. The molecule has 0 saturated carbocycles. The minimum absolute atomic E-state index is 0.0177. The Morgan fingerprint density at radius 3 is 2.39 bits per heavy atom. The maximum absolute atomic E-state index is 12.5. The highest BCUT2D eigenvalue weighted by molar-refractivity contribution is 5.96. The van der Waals surface area contributed by atoms with Gasteiger partial charge in [0.25, 0.3) is 5.91 Å². The Balaban J connectivity index is 2.30. The van der Waals surface area contributed by atoms with E-state index in [1.807, 2.05) is 0 Å². The molecule has 1 unspecified atom stereocenters. The minimum Gasteiger partial charge on any atom is -0.497 e. The zero-order valence-corrected chi connectivity index (χ0v) is 15.1. The first kappa shape index (κ1) is 21.3. The first-order chi connectivity index (χ1) is 13.2. The summed E-state index contributed by atoms with van der Waals surface area (Å²) in [4.78, 5) is 24.2. The number of carbonyl (C=O) groups is 2. The standard InChI is InChI=1S/C20H20F3NO4/c1-28-15-10-9-13(8-5-11-20(21,22)23)16(12-15)17(19(26)27)24-18(25)14-6-3-2-4-7-14/h2-4,6-7,9-10,12,17H,5,8,11H2,1H3,(H,24,25)(H,26,27). The highest BCUT2D eigenvalue weighted by Gasteiger charge is 2.28. The Morgan fingerprint density at radius 2 is 1.82 bits per heavy atom. The van der Waals surface area contributed by atoms with Gasteiger partial charge in [-0.25, -0.2) is 4.79 Å². The number of rotatable bonds is 8. The zero-order chi connectivity index (χ0) is 20.7. The third-order valence-electron chi connectivity index (χ3n) is 4.13. The van der Waals surface area contributed by atoms with Crippen LogP contribution >= 0.6 is 0 Å². The molecule has 2 aromatic rings. The number of alkyl halides is 3. The number of aryl methyl sites for hydroxylation is 1. The fraction of sp³-hybridized carbons (Fsp3) is 0.300. The van der Waals surface area contributed by atoms with Crippen LogP contribution in [-0.2, 0) is 11.2 Å². The quantitative estimate of drug-likeness (QED) is 0.705. The number of nitrogens with one attached hydrogen (secondary N) is 1. The molecule has 0 spiro atoms. The summed E-state index contributed by atoms with van der Waals surface area (Å²) in [5, 5.41) is 12.1. The molecule has 0 aliphatic rings. The van der Waals surface area contributed by atoms with E-state index >= 15 is 0 Å². The summed E-state index contributed by atoms with van der Waals surface area (Å²) < 4.78 is 42.5. The summed E-state index contributed by atoms with van der Waals surface area (Å²) >= 11 is 0. The predicted octanol–water partition coefficient (Wildman–Crippen LogP) is 4.14. The van der Waals surface area contributed by atoms with Crippen LogP contribution in [0.1, 0.15) is 40.4 Å². The number of ether oxygens (including phenoxy) is 1. The van der Waals surface area contributed by atoms with E-state index < -0.39 is 30.5 Å². The number of carboxylic acids is 1. The van der Waals surface area contributed by atoms with Crippen molar-refractivity contribution in [3.63, 3.8) is 0 Å². The second kappa shape index (κ2) is 9.25. The van der Waals surface area contributed by atoms with E-state index in [0.29, 0.717) is 11.3 Å². The Morgan fingerprint density at radius 1 is 1.14 bits per heavy atom. The SMILES string of the molecule is COc1ccc(CCCC(F)(F)F)c(C(NC(=O)c2ccccc2)C(=O)O)c1. The molecule has 0 fully saturated rings. The van der Waals surface area contributed by atoms with Crippen LogP contribution in [0, 0.1) is 0 Å². The van der Waals surface area contributed by atoms with E-state index in [4.69, 9.17) is 4.74 Å². The fourth-order valence-corrected chi connectivity index (χ4v) is 2.75. The fourth-order valence-electron chi connectivity index (χ4n) is 2.75. The van der Waals surface area contributed by atoms with Crippen LogP contribution in [0.25, 0.3) is 0 Å². The lowest BCUT2D eigenvalue weighted by molar-refractivity contribution is -0.139. The Kier molecular flexibility index (Phi) is 7.03. The van der Waals surface area contributed by atoms with E-state index in [1.54, 1.807) is 24.3 Å². The van der Waals surface area contributed by atoms with Gasteiger partial charge in [0, 0.05) is 12.0 Å². The summed E-state index contributed by atoms with van der Waals surface area (Å²) in [6.45, 7) is 0. The van der Waals surface area contributed by atoms with Crippen molar-refractivity contribution >= 4 is 11.9 Å². The second-order valence-corrected chi connectivity index (χ2v) is 6.14. The summed E-state index contributed by atoms with van der Waals surface area (Å²) in [5.41, 5.74) is 0.874. The molecule has 2 rings (SSSR count). The first-order valence-electron chi connectivity index (χ1n) is 8.53. The number of carbonyl (C=O) groups excluding carboxylic acids is 1. The third-order valence-corrected chi connectivity index (χ3v) is 4.13. The maximum Gasteiger partial charge on any atom is 0.389 e. The molecule has 0 radical (unpaired) electrons. The van der Waals surface area contributed by atoms with E-state index in [-0.39, 0.29) is 24.0 Å². The number of amides is 1. The summed E-state index contributed by atoms with van der Waals surface area (Å²) in [6.07, 6.45) is -5.45. The molecule has 5 nitrogen and oxygen atoms in total. The van der Waals surface area contributed by atoms with Gasteiger partial charge in [-0.3, -0.25) is 4.79 Å². The normalized spacial score (nSPS) is 12.3. The number of carboxylic acid groups (broad SMARTS) is 1. The molecule has 150 valence electrons. The second-order valence-electron chi connectivity index (χ2n) is 6.14. The summed E-state index contributed by atoms with van der Waals surface area (Å²) in [7, 11) is 1.39. The Hall–Kier alpha value is -3.03. The smallest absolute Gasteiger partial charge is 0.389 e. The van der Waals surface area contributed by atoms with Crippen LogP contribution in [0.2, 0.25) is 0 Å². The molecule has 0 aromatic heterocycles. The highest BCUT2D eigenvalue weighted by Crippen LogP contribution is 2.28. The lowest BCUT2D eigenvalue weighted by Gasteiger charge is -2.20. The first-order valence-corrected chi connectivity index (χ1v) is 8.53. The van der Waals surface area contributed by atoms with Gasteiger partial charge >= 0.3 is 12.1 Å². The van der Waals surface area contributed by atoms with Gasteiger partial charge in [-0.1, -0.05) is 24.3 Å². The van der Waals surface area contributed by atoms with Crippen LogP contribution in [-0.4, -0.2) is 30.3 Å². The molecule has 0 aliphatic carbocycles. The van der Waals surface area contributed by atoms with E-state index in [9.17, 15) is 27.9 Å². The molecule has 2 N–H and O–H groups in total. The van der Waals surface area contributed by atoms with Gasteiger partial charge in [-0.15, -0.1) is 0 Å². The molecule has 0 bridgehead atoms. The topological polar surface area (TPSA) is 75.6 Å². The molecule has 0 heterocycles. The van der Waals surface area contributed by atoms with Crippen molar-refractivity contribution in [2.75, 3.05) is 7.11 Å². The van der Waals surface area contributed by atoms with Crippen LogP contribution in [0.5, 0.6) is 5.75 Å². The number of methoxy groups -OCH3 is 1. The van der Waals surface area contributed by atoms with Gasteiger partial charge in [-0.2, -0.15) is 13.2 Å². The van der Waals surface area contributed by atoms with Crippen molar-refractivity contribution in [3.05, 3.63) is 65.2 Å². The molecule has 0 aliphatic heterocycles. The third kappa shape index (κ3) is 6.00. The van der Waals surface area contributed by atoms with Crippen molar-refractivity contribution in [2.24, 2.45) is 0 Å². The van der Waals surface area contributed by atoms with Gasteiger partial charge in [-0.05, 0) is 48.2 Å². The van der Waals surface area contributed by atoms with Gasteiger partial charge < -0.3 is 15.2 Å². The molecular formula is C20H20F3NO4. The predicted molar refractivity (Wildman–Crippen MR) is 96.3 cm³/mol. The van der Waals surface area contributed by atoms with E-state index in [0.717, 1.165) is 0 Å². The zero-order valence-electron chi connectivity index (χ0n) is 15.1. The van der Waals surface area contributed by atoms with Gasteiger partial charge in [0.05, 0.1) is 7.11 Å². The molecule has 1 amide bonds. The van der Waals surface area contributed by atoms with Gasteiger partial charge in [0.2, 0.25) is 0 Å². The highest BCUT2D eigenvalue weighted by atomic mass is 19.4. The van der Waals surface area contributed by atoms with Crippen molar-refractivity contribution in [3.8, 4) is 5.75 Å². The van der Waals surface area contributed by atoms with Crippen LogP contribution in [0.4, 0.5) is 13.2 Å². The Labute approximate surface area is 160 Å². The minimum atomic E-state index is -4.29. The number of hydrogen-bond donors (Lipinski definition) is 2.